The number of pyridine rings is 1. The van der Waals surface area contributed by atoms with E-state index < -0.39 is 0 Å². The van der Waals surface area contributed by atoms with E-state index in [2.05, 4.69) is 26.3 Å². The number of rotatable bonds is 4. The Labute approximate surface area is 138 Å². The lowest BCUT2D eigenvalue weighted by atomic mass is 10.1. The average molecular weight is 319 g/mol. The van der Waals surface area contributed by atoms with Crippen LogP contribution in [0.4, 0.5) is 0 Å². The number of nitriles is 1. The Kier molecular flexibility index (Phi) is 4.29. The van der Waals surface area contributed by atoms with Gasteiger partial charge in [-0.25, -0.2) is 9.97 Å². The number of amides is 1. The normalized spacial score (nSPS) is 10.2. The Morgan fingerprint density at radius 3 is 2.88 bits per heavy atom. The van der Waals surface area contributed by atoms with E-state index in [0.29, 0.717) is 22.5 Å². The Balaban J connectivity index is 1.74. The summed E-state index contributed by atoms with van der Waals surface area (Å²) in [5, 5.41) is 11.9. The first kappa shape index (κ1) is 15.4. The summed E-state index contributed by atoms with van der Waals surface area (Å²) in [7, 11) is 1.51. The summed E-state index contributed by atoms with van der Waals surface area (Å²) < 4.78 is 5.09. The molecule has 3 aromatic rings. The molecule has 0 aliphatic rings. The van der Waals surface area contributed by atoms with Crippen molar-refractivity contribution in [3.63, 3.8) is 0 Å². The zero-order valence-electron chi connectivity index (χ0n) is 12.9. The molecular formula is C17H13N5O2. The summed E-state index contributed by atoms with van der Waals surface area (Å²) in [5.74, 6) is 0.180. The molecule has 0 fully saturated rings. The van der Waals surface area contributed by atoms with Crippen molar-refractivity contribution >= 4 is 17.1 Å². The van der Waals surface area contributed by atoms with Gasteiger partial charge in [-0.3, -0.25) is 9.78 Å². The molecule has 2 aromatic heterocycles. The highest BCUT2D eigenvalue weighted by Crippen LogP contribution is 2.18. The molecule has 0 saturated carbocycles. The molecule has 1 amide bonds. The Morgan fingerprint density at radius 1 is 1.25 bits per heavy atom. The summed E-state index contributed by atoms with van der Waals surface area (Å²) in [6.45, 7) is 0.275. The number of methoxy groups -OCH3 is 1. The second-order valence-electron chi connectivity index (χ2n) is 4.92. The fourth-order valence-corrected chi connectivity index (χ4v) is 2.21. The van der Waals surface area contributed by atoms with Crippen LogP contribution in [0.1, 0.15) is 21.6 Å². The first-order valence-electron chi connectivity index (χ1n) is 7.14. The van der Waals surface area contributed by atoms with Crippen LogP contribution in [0.25, 0.3) is 11.2 Å². The molecule has 7 heteroatoms. The molecule has 0 saturated heterocycles. The fraction of sp³-hybridized carbons (Fsp3) is 0.118. The van der Waals surface area contributed by atoms with Gasteiger partial charge >= 0.3 is 0 Å². The van der Waals surface area contributed by atoms with Gasteiger partial charge in [0.15, 0.2) is 5.65 Å². The van der Waals surface area contributed by atoms with Gasteiger partial charge in [0.05, 0.1) is 12.7 Å². The predicted octanol–water partition coefficient (Wildman–Crippen LogP) is 1.84. The highest BCUT2D eigenvalue weighted by molar-refractivity contribution is 5.93. The molecule has 0 atom stereocenters. The monoisotopic (exact) mass is 319 g/mol. The van der Waals surface area contributed by atoms with Crippen molar-refractivity contribution in [2.75, 3.05) is 7.11 Å². The first-order chi connectivity index (χ1) is 11.7. The lowest BCUT2D eigenvalue weighted by Crippen LogP contribution is -2.23. The zero-order chi connectivity index (χ0) is 16.9. The van der Waals surface area contributed by atoms with Crippen LogP contribution in [-0.4, -0.2) is 28.0 Å². The molecule has 0 spiro atoms. The van der Waals surface area contributed by atoms with Crippen LogP contribution in [0.5, 0.6) is 5.75 Å². The Morgan fingerprint density at radius 2 is 2.08 bits per heavy atom. The number of hydrogen-bond donors (Lipinski definition) is 1. The third-order valence-electron chi connectivity index (χ3n) is 3.40. The number of carbonyl (C=O) groups excluding carboxylic acids is 1. The van der Waals surface area contributed by atoms with Gasteiger partial charge in [-0.15, -0.1) is 0 Å². The second-order valence-corrected chi connectivity index (χ2v) is 4.92. The number of fused-ring (bicyclic) bond motifs is 1. The molecule has 0 aliphatic carbocycles. The van der Waals surface area contributed by atoms with Crippen molar-refractivity contribution in [1.29, 1.82) is 5.26 Å². The number of hydrogen-bond acceptors (Lipinski definition) is 6. The van der Waals surface area contributed by atoms with Gasteiger partial charge in [0, 0.05) is 18.9 Å². The van der Waals surface area contributed by atoms with E-state index in [0.717, 1.165) is 5.56 Å². The van der Waals surface area contributed by atoms with E-state index in [-0.39, 0.29) is 18.1 Å². The molecule has 1 aromatic carbocycles. The van der Waals surface area contributed by atoms with Gasteiger partial charge in [0.25, 0.3) is 5.91 Å². The zero-order valence-corrected chi connectivity index (χ0v) is 12.9. The maximum atomic E-state index is 12.2. The van der Waals surface area contributed by atoms with Gasteiger partial charge in [0.1, 0.15) is 23.0 Å². The topological polar surface area (TPSA) is 101 Å². The van der Waals surface area contributed by atoms with Crippen molar-refractivity contribution in [1.82, 2.24) is 20.3 Å². The van der Waals surface area contributed by atoms with Crippen LogP contribution >= 0.6 is 0 Å². The summed E-state index contributed by atoms with van der Waals surface area (Å²) in [6, 6.07) is 10.5. The number of carbonyl (C=O) groups is 1. The fourth-order valence-electron chi connectivity index (χ4n) is 2.21. The molecule has 2 heterocycles. The minimum Gasteiger partial charge on any atom is -0.495 e. The van der Waals surface area contributed by atoms with Crippen LogP contribution in [-0.2, 0) is 6.54 Å². The van der Waals surface area contributed by atoms with Gasteiger partial charge < -0.3 is 10.1 Å². The lowest BCUT2D eigenvalue weighted by Gasteiger charge is -2.08. The van der Waals surface area contributed by atoms with Gasteiger partial charge in [-0.2, -0.15) is 5.26 Å². The first-order valence-corrected chi connectivity index (χ1v) is 7.14. The van der Waals surface area contributed by atoms with Gasteiger partial charge in [0.2, 0.25) is 0 Å². The van der Waals surface area contributed by atoms with E-state index in [1.807, 2.05) is 0 Å². The maximum absolute atomic E-state index is 12.2. The van der Waals surface area contributed by atoms with Crippen molar-refractivity contribution in [2.45, 2.75) is 6.54 Å². The maximum Gasteiger partial charge on any atom is 0.270 e. The summed E-state index contributed by atoms with van der Waals surface area (Å²) in [6.07, 6.45) is 3.10. The van der Waals surface area contributed by atoms with Crippen molar-refractivity contribution in [2.24, 2.45) is 0 Å². The molecule has 118 valence electrons. The van der Waals surface area contributed by atoms with E-state index in [4.69, 9.17) is 10.00 Å². The number of nitrogens with one attached hydrogen (secondary N) is 1. The molecule has 0 unspecified atom stereocenters. The van der Waals surface area contributed by atoms with Gasteiger partial charge in [-0.05, 0) is 29.8 Å². The standard InChI is InChI=1S/C17H13N5O2/c1-24-15-5-2-11(8-12(15)9-18)10-21-17(23)14-4-3-13-16(22-14)20-7-6-19-13/h2-8H,10H2,1H3,(H,21,23). The van der Waals surface area contributed by atoms with Crippen molar-refractivity contribution in [3.05, 3.63) is 59.5 Å². The van der Waals surface area contributed by atoms with E-state index in [1.54, 1.807) is 36.5 Å². The van der Waals surface area contributed by atoms with Crippen LogP contribution in [0, 0.1) is 11.3 Å². The van der Waals surface area contributed by atoms with Crippen LogP contribution in [0.15, 0.2) is 42.7 Å². The molecule has 0 radical (unpaired) electrons. The van der Waals surface area contributed by atoms with Gasteiger partial charge in [-0.1, -0.05) is 6.07 Å². The van der Waals surface area contributed by atoms with Crippen LogP contribution < -0.4 is 10.1 Å². The number of nitrogens with zero attached hydrogens (tertiary/aromatic N) is 4. The summed E-state index contributed by atoms with van der Waals surface area (Å²) >= 11 is 0. The van der Waals surface area contributed by atoms with E-state index in [1.165, 1.54) is 13.3 Å². The average Bonchev–Trinajstić information content (AvgIpc) is 2.65. The molecular weight excluding hydrogens is 306 g/mol. The van der Waals surface area contributed by atoms with Crippen LogP contribution in [0.3, 0.4) is 0 Å². The molecule has 24 heavy (non-hydrogen) atoms. The largest absolute Gasteiger partial charge is 0.495 e. The third-order valence-corrected chi connectivity index (χ3v) is 3.40. The lowest BCUT2D eigenvalue weighted by molar-refractivity contribution is 0.0946. The minimum absolute atomic E-state index is 0.261. The quantitative estimate of drug-likeness (QED) is 0.787. The molecule has 0 bridgehead atoms. The highest BCUT2D eigenvalue weighted by atomic mass is 16.5. The van der Waals surface area contributed by atoms with Crippen molar-refractivity contribution in [3.8, 4) is 11.8 Å². The Bertz CT molecular complexity index is 949. The molecule has 3 rings (SSSR count). The van der Waals surface area contributed by atoms with Crippen molar-refractivity contribution < 1.29 is 9.53 Å². The smallest absolute Gasteiger partial charge is 0.270 e. The minimum atomic E-state index is -0.322. The molecule has 0 aliphatic heterocycles. The summed E-state index contributed by atoms with van der Waals surface area (Å²) in [4.78, 5) is 24.6. The molecule has 1 N–H and O–H groups in total. The summed E-state index contributed by atoms with van der Waals surface area (Å²) in [5.41, 5.74) is 2.52. The number of aromatic nitrogens is 3. The van der Waals surface area contributed by atoms with E-state index in [9.17, 15) is 4.79 Å². The Hall–Kier alpha value is -3.53. The SMILES string of the molecule is COc1ccc(CNC(=O)c2ccc3nccnc3n2)cc1C#N. The predicted molar refractivity (Wildman–Crippen MR) is 86.2 cm³/mol. The van der Waals surface area contributed by atoms with Crippen LogP contribution in [0.2, 0.25) is 0 Å². The third kappa shape index (κ3) is 3.13. The second kappa shape index (κ2) is 6.71. The van der Waals surface area contributed by atoms with E-state index >= 15 is 0 Å². The highest BCUT2D eigenvalue weighted by Gasteiger charge is 2.10. The number of ether oxygens (including phenoxy) is 1. The molecule has 7 nitrogen and oxygen atoms in total. The number of benzene rings is 1.